The molecule has 1 heterocycles. The lowest BCUT2D eigenvalue weighted by Crippen LogP contribution is -2.15. The van der Waals surface area contributed by atoms with Gasteiger partial charge in [-0.3, -0.25) is 9.36 Å². The van der Waals surface area contributed by atoms with Crippen LogP contribution >= 0.6 is 0 Å². The number of aromatic carboxylic acids is 1. The molecule has 0 saturated heterocycles. The van der Waals surface area contributed by atoms with Crippen molar-refractivity contribution >= 4 is 22.8 Å². The van der Waals surface area contributed by atoms with Crippen LogP contribution in [0.1, 0.15) is 41.1 Å². The molecule has 0 aliphatic heterocycles. The zero-order valence-corrected chi connectivity index (χ0v) is 11.3. The van der Waals surface area contributed by atoms with E-state index in [2.05, 4.69) is 0 Å². The molecule has 0 atom stereocenters. The molecule has 2 rings (SSSR count). The summed E-state index contributed by atoms with van der Waals surface area (Å²) in [6, 6.07) is 7.12. The van der Waals surface area contributed by atoms with E-state index in [1.165, 1.54) is 4.57 Å². The fraction of sp³-hybridized carbons (Fsp3) is 0.333. The van der Waals surface area contributed by atoms with Crippen LogP contribution in [0.3, 0.4) is 0 Å². The summed E-state index contributed by atoms with van der Waals surface area (Å²) in [5.41, 5.74) is 1.38. The topological polar surface area (TPSA) is 59.3 Å². The highest BCUT2D eigenvalue weighted by Gasteiger charge is 2.22. The quantitative estimate of drug-likeness (QED) is 0.919. The van der Waals surface area contributed by atoms with Crippen molar-refractivity contribution in [2.45, 2.75) is 27.2 Å². The number of para-hydroxylation sites is 1. The number of carboxylic acid groups (broad SMARTS) is 1. The lowest BCUT2D eigenvalue weighted by molar-refractivity contribution is 0.0698. The van der Waals surface area contributed by atoms with Crippen molar-refractivity contribution < 1.29 is 14.7 Å². The van der Waals surface area contributed by atoms with E-state index in [1.807, 2.05) is 19.9 Å². The van der Waals surface area contributed by atoms with Gasteiger partial charge in [-0.25, -0.2) is 4.79 Å². The van der Waals surface area contributed by atoms with Gasteiger partial charge in [0.1, 0.15) is 0 Å². The van der Waals surface area contributed by atoms with Gasteiger partial charge in [0.25, 0.3) is 0 Å². The normalized spacial score (nSPS) is 11.2. The van der Waals surface area contributed by atoms with Crippen LogP contribution in [0.2, 0.25) is 0 Å². The fourth-order valence-corrected chi connectivity index (χ4v) is 2.40. The summed E-state index contributed by atoms with van der Waals surface area (Å²) in [6.45, 7) is 5.62. The maximum Gasteiger partial charge on any atom is 0.338 e. The third-order valence-corrected chi connectivity index (χ3v) is 3.16. The molecule has 0 bridgehead atoms. The van der Waals surface area contributed by atoms with E-state index < -0.39 is 5.97 Å². The van der Waals surface area contributed by atoms with Gasteiger partial charge in [0, 0.05) is 17.5 Å². The summed E-state index contributed by atoms with van der Waals surface area (Å²) in [5.74, 6) is -0.817. The number of carbonyl (C=O) groups excluding carboxylic acids is 1. The smallest absolute Gasteiger partial charge is 0.338 e. The van der Waals surface area contributed by atoms with Gasteiger partial charge in [0.15, 0.2) is 0 Å². The van der Waals surface area contributed by atoms with Gasteiger partial charge in [0.2, 0.25) is 5.91 Å². The van der Waals surface area contributed by atoms with Crippen molar-refractivity contribution in [2.75, 3.05) is 0 Å². The Morgan fingerprint density at radius 2 is 1.89 bits per heavy atom. The average molecular weight is 259 g/mol. The zero-order valence-electron chi connectivity index (χ0n) is 11.3. The molecule has 0 saturated carbocycles. The Labute approximate surface area is 111 Å². The van der Waals surface area contributed by atoms with Crippen molar-refractivity contribution in [2.24, 2.45) is 5.92 Å². The van der Waals surface area contributed by atoms with Crippen LogP contribution in [0.5, 0.6) is 0 Å². The molecule has 0 spiro atoms. The first-order valence-corrected chi connectivity index (χ1v) is 6.30. The molecule has 0 fully saturated rings. The lowest BCUT2D eigenvalue weighted by atomic mass is 10.1. The summed E-state index contributed by atoms with van der Waals surface area (Å²) in [7, 11) is 0. The summed E-state index contributed by atoms with van der Waals surface area (Å²) >= 11 is 0. The zero-order chi connectivity index (χ0) is 14.2. The molecule has 4 heteroatoms. The molecule has 0 aliphatic rings. The molecule has 0 unspecified atom stereocenters. The summed E-state index contributed by atoms with van der Waals surface area (Å²) in [6.07, 6.45) is 0.401. The first kappa shape index (κ1) is 13.3. The van der Waals surface area contributed by atoms with Crippen LogP contribution in [0, 0.1) is 12.8 Å². The van der Waals surface area contributed by atoms with E-state index >= 15 is 0 Å². The summed E-state index contributed by atoms with van der Waals surface area (Å²) in [4.78, 5) is 23.7. The van der Waals surface area contributed by atoms with Gasteiger partial charge in [-0.05, 0) is 18.9 Å². The Balaban J connectivity index is 2.71. The molecule has 1 aromatic heterocycles. The summed E-state index contributed by atoms with van der Waals surface area (Å²) < 4.78 is 1.53. The fourth-order valence-electron chi connectivity index (χ4n) is 2.40. The monoisotopic (exact) mass is 259 g/mol. The molecule has 4 nitrogen and oxygen atoms in total. The molecule has 2 aromatic rings. The van der Waals surface area contributed by atoms with Crippen LogP contribution in [0.4, 0.5) is 0 Å². The van der Waals surface area contributed by atoms with Crippen molar-refractivity contribution in [3.8, 4) is 0 Å². The Hall–Kier alpha value is -2.10. The number of nitrogens with zero attached hydrogens (tertiary/aromatic N) is 1. The van der Waals surface area contributed by atoms with Gasteiger partial charge in [0.05, 0.1) is 11.1 Å². The summed E-state index contributed by atoms with van der Waals surface area (Å²) in [5, 5.41) is 9.93. The molecule has 100 valence electrons. The van der Waals surface area contributed by atoms with Gasteiger partial charge in [-0.15, -0.1) is 0 Å². The van der Waals surface area contributed by atoms with Crippen LogP contribution in [0.15, 0.2) is 24.3 Å². The van der Waals surface area contributed by atoms with Crippen LogP contribution in [0.25, 0.3) is 10.9 Å². The highest BCUT2D eigenvalue weighted by molar-refractivity contribution is 6.08. The van der Waals surface area contributed by atoms with Crippen molar-refractivity contribution in [3.63, 3.8) is 0 Å². The van der Waals surface area contributed by atoms with Crippen molar-refractivity contribution in [1.82, 2.24) is 4.57 Å². The second-order valence-corrected chi connectivity index (χ2v) is 5.11. The van der Waals surface area contributed by atoms with E-state index in [9.17, 15) is 14.7 Å². The molecular formula is C15H17NO3. The minimum Gasteiger partial charge on any atom is -0.478 e. The van der Waals surface area contributed by atoms with E-state index in [1.54, 1.807) is 25.1 Å². The second-order valence-electron chi connectivity index (χ2n) is 5.11. The largest absolute Gasteiger partial charge is 0.478 e. The minimum absolute atomic E-state index is 0.0591. The number of hydrogen-bond donors (Lipinski definition) is 1. The molecule has 0 aliphatic carbocycles. The second kappa shape index (κ2) is 4.88. The predicted octanol–water partition coefficient (Wildman–Crippen LogP) is 3.33. The first-order valence-electron chi connectivity index (χ1n) is 6.30. The van der Waals surface area contributed by atoms with E-state index in [0.29, 0.717) is 23.0 Å². The van der Waals surface area contributed by atoms with E-state index in [0.717, 1.165) is 0 Å². The maximum atomic E-state index is 12.3. The molecule has 0 amide bonds. The van der Waals surface area contributed by atoms with Crippen LogP contribution < -0.4 is 0 Å². The third-order valence-electron chi connectivity index (χ3n) is 3.16. The molecule has 1 aromatic carbocycles. The highest BCUT2D eigenvalue weighted by Crippen LogP contribution is 2.26. The molecule has 0 radical (unpaired) electrons. The molecule has 1 N–H and O–H groups in total. The number of carbonyl (C=O) groups is 2. The van der Waals surface area contributed by atoms with Gasteiger partial charge < -0.3 is 5.11 Å². The Morgan fingerprint density at radius 3 is 2.47 bits per heavy atom. The Kier molecular flexibility index (Phi) is 3.42. The third kappa shape index (κ3) is 2.26. The number of fused-ring (bicyclic) bond motifs is 1. The first-order chi connectivity index (χ1) is 8.93. The Bertz CT molecular complexity index is 653. The number of benzene rings is 1. The number of rotatable bonds is 3. The highest BCUT2D eigenvalue weighted by atomic mass is 16.4. The van der Waals surface area contributed by atoms with E-state index in [4.69, 9.17) is 0 Å². The van der Waals surface area contributed by atoms with Gasteiger partial charge in [-0.1, -0.05) is 32.0 Å². The predicted molar refractivity (Wildman–Crippen MR) is 73.7 cm³/mol. The number of carboxylic acids is 1. The van der Waals surface area contributed by atoms with Gasteiger partial charge >= 0.3 is 5.97 Å². The van der Waals surface area contributed by atoms with Crippen LogP contribution in [-0.2, 0) is 0 Å². The van der Waals surface area contributed by atoms with Crippen LogP contribution in [-0.4, -0.2) is 21.6 Å². The van der Waals surface area contributed by atoms with Gasteiger partial charge in [-0.2, -0.15) is 0 Å². The maximum absolute atomic E-state index is 12.3. The standard InChI is InChI=1S/C15H17NO3/c1-9(2)8-13(17)16-10(3)14(15(18)19)11-6-4-5-7-12(11)16/h4-7,9H,8H2,1-3H3,(H,18,19). The van der Waals surface area contributed by atoms with E-state index in [-0.39, 0.29) is 17.4 Å². The molecular weight excluding hydrogens is 242 g/mol. The SMILES string of the molecule is Cc1c(C(=O)O)c2ccccc2n1C(=O)CC(C)C. The van der Waals surface area contributed by atoms with Crippen molar-refractivity contribution in [1.29, 1.82) is 0 Å². The lowest BCUT2D eigenvalue weighted by Gasteiger charge is -2.08. The Morgan fingerprint density at radius 1 is 1.26 bits per heavy atom. The van der Waals surface area contributed by atoms with Crippen molar-refractivity contribution in [3.05, 3.63) is 35.5 Å². The molecule has 19 heavy (non-hydrogen) atoms. The average Bonchev–Trinajstić information content (AvgIpc) is 2.59. The number of hydrogen-bond acceptors (Lipinski definition) is 2. The number of aromatic nitrogens is 1. The minimum atomic E-state index is -0.996.